The molecule has 30 heavy (non-hydrogen) atoms. The van der Waals surface area contributed by atoms with Gasteiger partial charge in [-0.15, -0.1) is 0 Å². The number of phenolic OH excluding ortho intramolecular Hbond substituents is 1. The van der Waals surface area contributed by atoms with Crippen molar-refractivity contribution >= 4 is 28.6 Å². The molecule has 0 radical (unpaired) electrons. The van der Waals surface area contributed by atoms with E-state index in [9.17, 15) is 18.5 Å². The van der Waals surface area contributed by atoms with E-state index in [4.69, 9.17) is 4.65 Å². The fourth-order valence-electron chi connectivity index (χ4n) is 4.49. The van der Waals surface area contributed by atoms with E-state index in [1.807, 2.05) is 49.4 Å². The second kappa shape index (κ2) is 8.42. The van der Waals surface area contributed by atoms with Crippen LogP contribution < -0.4 is 0 Å². The molecule has 1 saturated heterocycles. The van der Waals surface area contributed by atoms with Gasteiger partial charge in [-0.3, -0.25) is 0 Å². The molecule has 0 spiro atoms. The zero-order valence-electron chi connectivity index (χ0n) is 16.9. The SMILES string of the molecule is CC1=C2[C@@H](CC/C(=C/c3cccc(O)c3)c3ccccc3)OB(O)C[C@@H]2S(=O)(=O)C1. The van der Waals surface area contributed by atoms with Crippen LogP contribution in [0, 0.1) is 0 Å². The van der Waals surface area contributed by atoms with Crippen molar-refractivity contribution < 1.29 is 23.2 Å². The number of sulfone groups is 1. The summed E-state index contributed by atoms with van der Waals surface area (Å²) in [6, 6.07) is 17.0. The zero-order valence-corrected chi connectivity index (χ0v) is 17.7. The molecule has 2 aromatic carbocycles. The number of allylic oxidation sites excluding steroid dienone is 1. The Morgan fingerprint density at radius 3 is 2.70 bits per heavy atom. The summed E-state index contributed by atoms with van der Waals surface area (Å²) in [4.78, 5) is 0. The van der Waals surface area contributed by atoms with E-state index in [-0.39, 0.29) is 17.8 Å². The Morgan fingerprint density at radius 1 is 1.20 bits per heavy atom. The average molecular weight is 424 g/mol. The lowest BCUT2D eigenvalue weighted by atomic mass is 9.74. The van der Waals surface area contributed by atoms with Gasteiger partial charge in [-0.2, -0.15) is 0 Å². The fourth-order valence-corrected chi connectivity index (χ4v) is 6.66. The van der Waals surface area contributed by atoms with Gasteiger partial charge in [0, 0.05) is 6.32 Å². The van der Waals surface area contributed by atoms with Gasteiger partial charge < -0.3 is 14.8 Å². The van der Waals surface area contributed by atoms with Gasteiger partial charge in [0.2, 0.25) is 0 Å². The van der Waals surface area contributed by atoms with Crippen LogP contribution in [-0.4, -0.2) is 42.8 Å². The van der Waals surface area contributed by atoms with E-state index in [2.05, 4.69) is 0 Å². The Morgan fingerprint density at radius 2 is 1.97 bits per heavy atom. The van der Waals surface area contributed by atoms with Gasteiger partial charge in [0.15, 0.2) is 9.84 Å². The largest absolute Gasteiger partial charge is 0.508 e. The molecule has 2 heterocycles. The molecule has 2 aliphatic heterocycles. The molecule has 1 fully saturated rings. The van der Waals surface area contributed by atoms with Crippen molar-refractivity contribution in [3.05, 3.63) is 76.9 Å². The highest BCUT2D eigenvalue weighted by atomic mass is 32.2. The minimum Gasteiger partial charge on any atom is -0.508 e. The summed E-state index contributed by atoms with van der Waals surface area (Å²) in [7, 11) is -4.33. The highest BCUT2D eigenvalue weighted by molar-refractivity contribution is 7.92. The lowest BCUT2D eigenvalue weighted by Crippen LogP contribution is -2.41. The zero-order chi connectivity index (χ0) is 21.3. The van der Waals surface area contributed by atoms with Gasteiger partial charge in [0.05, 0.1) is 17.1 Å². The molecular formula is C23H25BO5S. The lowest BCUT2D eigenvalue weighted by molar-refractivity contribution is 0.171. The Labute approximate surface area is 177 Å². The number of rotatable bonds is 5. The molecule has 2 aliphatic rings. The van der Waals surface area contributed by atoms with Crippen LogP contribution in [0.5, 0.6) is 5.75 Å². The molecule has 0 bridgehead atoms. The van der Waals surface area contributed by atoms with Crippen LogP contribution in [0.2, 0.25) is 6.32 Å². The first kappa shape index (κ1) is 20.9. The second-order valence-electron chi connectivity index (χ2n) is 8.02. The Hall–Kier alpha value is -2.35. The molecule has 0 saturated carbocycles. The quantitative estimate of drug-likeness (QED) is 0.435. The van der Waals surface area contributed by atoms with Crippen molar-refractivity contribution in [3.63, 3.8) is 0 Å². The maximum Gasteiger partial charge on any atom is 0.456 e. The van der Waals surface area contributed by atoms with Crippen LogP contribution in [0.15, 0.2) is 65.7 Å². The minimum atomic E-state index is -3.26. The van der Waals surface area contributed by atoms with E-state index in [0.29, 0.717) is 12.8 Å². The molecule has 0 aromatic heterocycles. The minimum absolute atomic E-state index is 0.0459. The van der Waals surface area contributed by atoms with Gasteiger partial charge in [-0.05, 0) is 54.2 Å². The summed E-state index contributed by atoms with van der Waals surface area (Å²) in [5.41, 5.74) is 4.66. The van der Waals surface area contributed by atoms with Gasteiger partial charge in [-0.1, -0.05) is 54.1 Å². The van der Waals surface area contributed by atoms with Gasteiger partial charge in [0.25, 0.3) is 0 Å². The maximum atomic E-state index is 12.5. The average Bonchev–Trinajstić information content (AvgIpc) is 2.94. The third-order valence-electron chi connectivity index (χ3n) is 5.81. The van der Waals surface area contributed by atoms with Crippen LogP contribution >= 0.6 is 0 Å². The van der Waals surface area contributed by atoms with Gasteiger partial charge in [0.1, 0.15) is 5.75 Å². The third kappa shape index (κ3) is 4.38. The molecule has 0 aliphatic carbocycles. The predicted molar refractivity (Wildman–Crippen MR) is 120 cm³/mol. The number of fused-ring (bicyclic) bond motifs is 1. The van der Waals surface area contributed by atoms with E-state index < -0.39 is 28.3 Å². The number of benzene rings is 2. The lowest BCUT2D eigenvalue weighted by Gasteiger charge is -2.32. The fraction of sp³-hybridized carbons (Fsp3) is 0.304. The monoisotopic (exact) mass is 424 g/mol. The summed E-state index contributed by atoms with van der Waals surface area (Å²) in [6.07, 6.45) is 2.91. The molecule has 5 nitrogen and oxygen atoms in total. The normalized spacial score (nSPS) is 23.5. The third-order valence-corrected chi connectivity index (χ3v) is 7.96. The first-order chi connectivity index (χ1) is 14.3. The summed E-state index contributed by atoms with van der Waals surface area (Å²) >= 11 is 0. The Bertz CT molecular complexity index is 1090. The summed E-state index contributed by atoms with van der Waals surface area (Å²) in [5.74, 6) is 0.249. The molecular weight excluding hydrogens is 399 g/mol. The number of aromatic hydroxyl groups is 1. The summed E-state index contributed by atoms with van der Waals surface area (Å²) < 4.78 is 30.8. The van der Waals surface area contributed by atoms with Crippen molar-refractivity contribution in [2.45, 2.75) is 37.4 Å². The second-order valence-corrected chi connectivity index (χ2v) is 10.2. The van der Waals surface area contributed by atoms with E-state index in [1.165, 1.54) is 0 Å². The number of hydrogen-bond donors (Lipinski definition) is 2. The molecule has 2 N–H and O–H groups in total. The highest BCUT2D eigenvalue weighted by Crippen LogP contribution is 2.40. The van der Waals surface area contributed by atoms with Crippen LogP contribution in [-0.2, 0) is 14.5 Å². The van der Waals surface area contributed by atoms with Crippen LogP contribution in [0.3, 0.4) is 0 Å². The summed E-state index contributed by atoms with van der Waals surface area (Å²) in [5, 5.41) is 19.3. The van der Waals surface area contributed by atoms with Crippen molar-refractivity contribution in [1.29, 1.82) is 0 Å². The van der Waals surface area contributed by atoms with Crippen molar-refractivity contribution in [2.24, 2.45) is 0 Å². The standard InChI is InChI=1S/C23H25BO5S/c1-16-15-30(27,28)22-14-24(26)29-21(23(16)22)11-10-19(18-7-3-2-4-8-18)12-17-6-5-9-20(25)13-17/h2-9,12-13,21-22,25-26H,10-11,14-15H2,1H3/b19-12-/t21-,22+/m1/s1. The first-order valence-corrected chi connectivity index (χ1v) is 11.8. The molecule has 7 heteroatoms. The Kier molecular flexibility index (Phi) is 5.87. The topological polar surface area (TPSA) is 83.8 Å². The van der Waals surface area contributed by atoms with Crippen molar-refractivity contribution in [3.8, 4) is 5.75 Å². The smallest absolute Gasteiger partial charge is 0.456 e. The first-order valence-electron chi connectivity index (χ1n) is 10.1. The van der Waals surface area contributed by atoms with Crippen molar-refractivity contribution in [2.75, 3.05) is 5.75 Å². The van der Waals surface area contributed by atoms with E-state index in [1.54, 1.807) is 18.2 Å². The van der Waals surface area contributed by atoms with Gasteiger partial charge in [-0.25, -0.2) is 8.42 Å². The van der Waals surface area contributed by atoms with Crippen LogP contribution in [0.1, 0.15) is 30.9 Å². The molecule has 156 valence electrons. The molecule has 0 unspecified atom stereocenters. The molecule has 0 amide bonds. The van der Waals surface area contributed by atoms with Crippen LogP contribution in [0.4, 0.5) is 0 Å². The Balaban J connectivity index is 1.62. The highest BCUT2D eigenvalue weighted by Gasteiger charge is 2.47. The van der Waals surface area contributed by atoms with E-state index >= 15 is 0 Å². The molecule has 2 aromatic rings. The van der Waals surface area contributed by atoms with Gasteiger partial charge >= 0.3 is 7.12 Å². The maximum absolute atomic E-state index is 12.5. The van der Waals surface area contributed by atoms with Crippen molar-refractivity contribution in [1.82, 2.24) is 0 Å². The number of phenols is 1. The van der Waals surface area contributed by atoms with E-state index in [0.717, 1.165) is 27.8 Å². The van der Waals surface area contributed by atoms with Crippen LogP contribution in [0.25, 0.3) is 11.6 Å². The number of hydrogen-bond acceptors (Lipinski definition) is 5. The molecule has 2 atom stereocenters. The molecule has 4 rings (SSSR count). The predicted octanol–water partition coefficient (Wildman–Crippen LogP) is 3.71. The summed E-state index contributed by atoms with van der Waals surface area (Å²) in [6.45, 7) is 1.85.